The summed E-state index contributed by atoms with van der Waals surface area (Å²) in [6, 6.07) is 0.0361. The van der Waals surface area contributed by atoms with Gasteiger partial charge >= 0.3 is 6.03 Å². The molecule has 0 unspecified atom stereocenters. The van der Waals surface area contributed by atoms with Gasteiger partial charge in [-0.25, -0.2) is 4.79 Å². The topological polar surface area (TPSA) is 55.9 Å². The zero-order chi connectivity index (χ0) is 13.8. The Morgan fingerprint density at radius 2 is 1.53 bits per heavy atom. The summed E-state index contributed by atoms with van der Waals surface area (Å²) in [5.41, 5.74) is 0. The van der Waals surface area contributed by atoms with Crippen LogP contribution < -0.4 is 5.32 Å². The minimum Gasteiger partial charge on any atom is -0.339 e. The number of piperazine rings is 1. The molecular weight excluding hydrogens is 244 g/mol. The largest absolute Gasteiger partial charge is 0.339 e. The first kappa shape index (κ1) is 14.1. The fraction of sp³-hybridized carbons (Fsp3) is 0.846. The van der Waals surface area contributed by atoms with Gasteiger partial charge in [-0.1, -0.05) is 0 Å². The van der Waals surface area contributed by atoms with Gasteiger partial charge in [0, 0.05) is 46.2 Å². The third kappa shape index (κ3) is 3.37. The molecule has 2 rings (SSSR count). The van der Waals surface area contributed by atoms with Gasteiger partial charge in [-0.3, -0.25) is 4.79 Å². The lowest BCUT2D eigenvalue weighted by Crippen LogP contribution is -2.54. The summed E-state index contributed by atoms with van der Waals surface area (Å²) in [7, 11) is 3.52. The Kier molecular flexibility index (Phi) is 4.63. The van der Waals surface area contributed by atoms with Crippen LogP contribution in [0, 0.1) is 5.92 Å². The highest BCUT2D eigenvalue weighted by Crippen LogP contribution is 2.16. The van der Waals surface area contributed by atoms with Gasteiger partial charge in [-0.05, 0) is 25.9 Å². The fourth-order valence-corrected chi connectivity index (χ4v) is 2.73. The number of piperidine rings is 1. The zero-order valence-electron chi connectivity index (χ0n) is 11.9. The fourth-order valence-electron chi connectivity index (χ4n) is 2.73. The standard InChI is InChI=1S/C13H24N4O2/c1-15(2)13(19)17-9-7-16(8-10-17)12(18)11-3-5-14-6-4-11/h11,14H,3-10H2,1-2H3. The highest BCUT2D eigenvalue weighted by molar-refractivity contribution is 5.79. The highest BCUT2D eigenvalue weighted by atomic mass is 16.2. The number of amides is 3. The molecule has 0 bridgehead atoms. The first-order valence-corrected chi connectivity index (χ1v) is 7.05. The van der Waals surface area contributed by atoms with Crippen molar-refractivity contribution in [2.24, 2.45) is 5.92 Å². The predicted molar refractivity (Wildman–Crippen MR) is 72.8 cm³/mol. The SMILES string of the molecule is CN(C)C(=O)N1CCN(C(=O)C2CCNCC2)CC1. The Labute approximate surface area is 114 Å². The second kappa shape index (κ2) is 6.23. The third-order valence-corrected chi connectivity index (χ3v) is 3.93. The maximum absolute atomic E-state index is 12.3. The van der Waals surface area contributed by atoms with Crippen molar-refractivity contribution >= 4 is 11.9 Å². The number of carbonyl (C=O) groups excluding carboxylic acids is 2. The molecule has 0 saturated carbocycles. The van der Waals surface area contributed by atoms with Crippen LogP contribution in [0.2, 0.25) is 0 Å². The van der Waals surface area contributed by atoms with Gasteiger partial charge in [0.25, 0.3) is 0 Å². The summed E-state index contributed by atoms with van der Waals surface area (Å²) in [6.45, 7) is 4.51. The molecule has 3 amide bonds. The molecule has 0 spiro atoms. The van der Waals surface area contributed by atoms with Crippen molar-refractivity contribution in [3.05, 3.63) is 0 Å². The second-order valence-corrected chi connectivity index (χ2v) is 5.51. The lowest BCUT2D eigenvalue weighted by Gasteiger charge is -2.38. The van der Waals surface area contributed by atoms with Crippen LogP contribution in [-0.4, -0.2) is 80.0 Å². The number of hydrogen-bond acceptors (Lipinski definition) is 3. The van der Waals surface area contributed by atoms with Crippen molar-refractivity contribution in [3.63, 3.8) is 0 Å². The Morgan fingerprint density at radius 3 is 2.05 bits per heavy atom. The van der Waals surface area contributed by atoms with E-state index in [-0.39, 0.29) is 17.9 Å². The van der Waals surface area contributed by atoms with Crippen molar-refractivity contribution in [1.29, 1.82) is 0 Å². The van der Waals surface area contributed by atoms with Crippen molar-refractivity contribution < 1.29 is 9.59 Å². The molecule has 19 heavy (non-hydrogen) atoms. The number of nitrogens with one attached hydrogen (secondary N) is 1. The van der Waals surface area contributed by atoms with Crippen LogP contribution in [-0.2, 0) is 4.79 Å². The number of nitrogens with zero attached hydrogens (tertiary/aromatic N) is 3. The average Bonchev–Trinajstić information content (AvgIpc) is 2.46. The molecule has 0 aromatic rings. The van der Waals surface area contributed by atoms with Crippen molar-refractivity contribution in [1.82, 2.24) is 20.0 Å². The van der Waals surface area contributed by atoms with E-state index in [4.69, 9.17) is 0 Å². The van der Waals surface area contributed by atoms with Crippen LogP contribution >= 0.6 is 0 Å². The summed E-state index contributed by atoms with van der Waals surface area (Å²) in [4.78, 5) is 29.5. The number of carbonyl (C=O) groups is 2. The van der Waals surface area contributed by atoms with E-state index in [0.29, 0.717) is 26.2 Å². The number of rotatable bonds is 1. The van der Waals surface area contributed by atoms with E-state index in [1.54, 1.807) is 19.0 Å². The van der Waals surface area contributed by atoms with Gasteiger partial charge in [-0.15, -0.1) is 0 Å². The monoisotopic (exact) mass is 268 g/mol. The van der Waals surface area contributed by atoms with Gasteiger partial charge in [0.05, 0.1) is 0 Å². The average molecular weight is 268 g/mol. The summed E-state index contributed by atoms with van der Waals surface area (Å²) < 4.78 is 0. The highest BCUT2D eigenvalue weighted by Gasteiger charge is 2.29. The molecule has 0 aromatic heterocycles. The van der Waals surface area contributed by atoms with E-state index >= 15 is 0 Å². The molecule has 2 aliphatic heterocycles. The molecule has 6 nitrogen and oxygen atoms in total. The molecule has 1 N–H and O–H groups in total. The molecule has 2 saturated heterocycles. The van der Waals surface area contributed by atoms with E-state index in [0.717, 1.165) is 25.9 Å². The quantitative estimate of drug-likeness (QED) is 0.717. The Hall–Kier alpha value is -1.30. The Balaban J connectivity index is 1.82. The van der Waals surface area contributed by atoms with Crippen LogP contribution in [0.15, 0.2) is 0 Å². The lowest BCUT2D eigenvalue weighted by molar-refractivity contribution is -0.137. The normalized spacial score (nSPS) is 21.4. The molecule has 2 heterocycles. The van der Waals surface area contributed by atoms with Gasteiger partial charge in [0.1, 0.15) is 0 Å². The summed E-state index contributed by atoms with van der Waals surface area (Å²) in [5.74, 6) is 0.454. The molecule has 0 radical (unpaired) electrons. The minimum absolute atomic E-state index is 0.0361. The second-order valence-electron chi connectivity index (χ2n) is 5.51. The van der Waals surface area contributed by atoms with Crippen molar-refractivity contribution in [2.45, 2.75) is 12.8 Å². The zero-order valence-corrected chi connectivity index (χ0v) is 11.9. The third-order valence-electron chi connectivity index (χ3n) is 3.93. The molecular formula is C13H24N4O2. The van der Waals surface area contributed by atoms with E-state index in [1.807, 2.05) is 9.80 Å². The van der Waals surface area contributed by atoms with Crippen LogP contribution in [0.3, 0.4) is 0 Å². The predicted octanol–water partition coefficient (Wildman–Crippen LogP) is -0.188. The minimum atomic E-state index is 0.0361. The first-order chi connectivity index (χ1) is 9.09. The van der Waals surface area contributed by atoms with Gasteiger partial charge in [-0.2, -0.15) is 0 Å². The first-order valence-electron chi connectivity index (χ1n) is 7.05. The maximum atomic E-state index is 12.3. The van der Waals surface area contributed by atoms with Gasteiger partial charge < -0.3 is 20.0 Å². The summed E-state index contributed by atoms with van der Waals surface area (Å²) in [6.07, 6.45) is 1.88. The van der Waals surface area contributed by atoms with E-state index in [1.165, 1.54) is 0 Å². The molecule has 6 heteroatoms. The molecule has 2 fully saturated rings. The lowest BCUT2D eigenvalue weighted by atomic mass is 9.96. The molecule has 0 aliphatic carbocycles. The van der Waals surface area contributed by atoms with E-state index in [2.05, 4.69) is 5.32 Å². The summed E-state index contributed by atoms with van der Waals surface area (Å²) >= 11 is 0. The molecule has 0 aromatic carbocycles. The molecule has 108 valence electrons. The van der Waals surface area contributed by atoms with Crippen molar-refractivity contribution in [2.75, 3.05) is 53.4 Å². The van der Waals surface area contributed by atoms with Crippen LogP contribution in [0.5, 0.6) is 0 Å². The van der Waals surface area contributed by atoms with E-state index in [9.17, 15) is 9.59 Å². The molecule has 2 aliphatic rings. The number of hydrogen-bond donors (Lipinski definition) is 1. The Morgan fingerprint density at radius 1 is 1.00 bits per heavy atom. The van der Waals surface area contributed by atoms with Gasteiger partial charge in [0.15, 0.2) is 0 Å². The smallest absolute Gasteiger partial charge is 0.319 e. The molecule has 0 atom stereocenters. The maximum Gasteiger partial charge on any atom is 0.319 e. The summed E-state index contributed by atoms with van der Waals surface area (Å²) in [5, 5.41) is 3.28. The number of urea groups is 1. The van der Waals surface area contributed by atoms with Gasteiger partial charge in [0.2, 0.25) is 5.91 Å². The Bertz CT molecular complexity index is 332. The van der Waals surface area contributed by atoms with Crippen LogP contribution in [0.4, 0.5) is 4.79 Å². The van der Waals surface area contributed by atoms with E-state index < -0.39 is 0 Å². The van der Waals surface area contributed by atoms with Crippen LogP contribution in [0.25, 0.3) is 0 Å². The van der Waals surface area contributed by atoms with Crippen LogP contribution in [0.1, 0.15) is 12.8 Å². The van der Waals surface area contributed by atoms with Crippen molar-refractivity contribution in [3.8, 4) is 0 Å².